The zero-order valence-corrected chi connectivity index (χ0v) is 22.6. The normalized spacial score (nSPS) is 14.8. The van der Waals surface area contributed by atoms with Crippen LogP contribution in [0.3, 0.4) is 0 Å². The van der Waals surface area contributed by atoms with Crippen LogP contribution in [-0.4, -0.2) is 70.9 Å². The van der Waals surface area contributed by atoms with E-state index in [-0.39, 0.29) is 24.0 Å². The molecule has 2 aromatic heterocycles. The lowest BCUT2D eigenvalue weighted by Crippen LogP contribution is -2.53. The Bertz CT molecular complexity index is 1530. The summed E-state index contributed by atoms with van der Waals surface area (Å²) < 4.78 is 20.8. The summed E-state index contributed by atoms with van der Waals surface area (Å²) in [6.07, 6.45) is 3.66. The number of aromatic nitrogens is 2. The van der Waals surface area contributed by atoms with Gasteiger partial charge in [-0.3, -0.25) is 14.5 Å². The van der Waals surface area contributed by atoms with E-state index >= 15 is 0 Å². The summed E-state index contributed by atoms with van der Waals surface area (Å²) in [6.45, 7) is 5.14. The number of fused-ring (bicyclic) bond motifs is 1. The van der Waals surface area contributed by atoms with Crippen molar-refractivity contribution in [1.82, 2.24) is 25.1 Å². The fourth-order valence-electron chi connectivity index (χ4n) is 5.06. The van der Waals surface area contributed by atoms with Crippen LogP contribution in [0.15, 0.2) is 60.9 Å². The highest BCUT2D eigenvalue weighted by molar-refractivity contribution is 5.94. The van der Waals surface area contributed by atoms with Crippen molar-refractivity contribution in [1.29, 1.82) is 0 Å². The van der Waals surface area contributed by atoms with Crippen LogP contribution in [0.25, 0.3) is 11.0 Å². The number of piperazine rings is 1. The number of nitrogens with one attached hydrogen (secondary N) is 2. The highest BCUT2D eigenvalue weighted by Crippen LogP contribution is 2.32. The standard InChI is InChI=1S/C30H33FN6O3/c1-19-17-35-28-27(19)26(8-9-34-28)40-25-7-6-20(15-23(25)31)16-24(32)30(39)37-12-10-36(11-13-37)18-21-4-3-5-22(14-21)29(38)33-2/h3-9,14-15,17,24H,10-13,16,18,32H2,1-2H3,(H,33,38)(H,34,35). The molecule has 9 nitrogen and oxygen atoms in total. The third-order valence-electron chi connectivity index (χ3n) is 7.23. The second kappa shape index (κ2) is 11.8. The average Bonchev–Trinajstić information content (AvgIpc) is 3.35. The lowest BCUT2D eigenvalue weighted by atomic mass is 10.0. The van der Waals surface area contributed by atoms with Gasteiger partial charge in [-0.15, -0.1) is 0 Å². The van der Waals surface area contributed by atoms with E-state index in [1.165, 1.54) is 6.07 Å². The van der Waals surface area contributed by atoms with Crippen molar-refractivity contribution >= 4 is 22.8 Å². The van der Waals surface area contributed by atoms with Gasteiger partial charge in [-0.05, 0) is 60.4 Å². The Hall–Kier alpha value is -4.28. The van der Waals surface area contributed by atoms with Crippen molar-refractivity contribution in [3.63, 3.8) is 0 Å². The number of ether oxygens (including phenoxy) is 1. The topological polar surface area (TPSA) is 117 Å². The minimum Gasteiger partial charge on any atom is -0.453 e. The molecule has 1 aliphatic heterocycles. The van der Waals surface area contributed by atoms with Gasteiger partial charge in [-0.2, -0.15) is 0 Å². The number of carbonyl (C=O) groups excluding carboxylic acids is 2. The third kappa shape index (κ3) is 5.98. The van der Waals surface area contributed by atoms with E-state index in [0.29, 0.717) is 55.2 Å². The first kappa shape index (κ1) is 27.3. The molecule has 1 unspecified atom stereocenters. The van der Waals surface area contributed by atoms with E-state index in [1.54, 1.807) is 42.4 Å². The molecule has 3 heterocycles. The summed E-state index contributed by atoms with van der Waals surface area (Å²) in [7, 11) is 1.61. The smallest absolute Gasteiger partial charge is 0.251 e. The number of benzene rings is 2. The number of H-pyrrole nitrogens is 1. The van der Waals surface area contributed by atoms with Crippen LogP contribution in [0.4, 0.5) is 4.39 Å². The number of halogens is 1. The van der Waals surface area contributed by atoms with Gasteiger partial charge in [0, 0.05) is 57.7 Å². The lowest BCUT2D eigenvalue weighted by Gasteiger charge is -2.36. The Morgan fingerprint density at radius 2 is 1.90 bits per heavy atom. The Balaban J connectivity index is 1.15. The van der Waals surface area contributed by atoms with Crippen LogP contribution in [0.2, 0.25) is 0 Å². The van der Waals surface area contributed by atoms with E-state index in [1.807, 2.05) is 31.3 Å². The zero-order valence-electron chi connectivity index (χ0n) is 22.6. The first-order chi connectivity index (χ1) is 19.3. The maximum absolute atomic E-state index is 15.0. The highest BCUT2D eigenvalue weighted by atomic mass is 19.1. The number of aryl methyl sites for hydroxylation is 1. The Labute approximate surface area is 232 Å². The van der Waals surface area contributed by atoms with Crippen LogP contribution in [-0.2, 0) is 17.8 Å². The molecule has 2 amide bonds. The number of nitrogens with two attached hydrogens (primary N) is 1. The van der Waals surface area contributed by atoms with Crippen molar-refractivity contribution < 1.29 is 18.7 Å². The number of pyridine rings is 1. The largest absolute Gasteiger partial charge is 0.453 e. The minimum atomic E-state index is -0.774. The van der Waals surface area contributed by atoms with E-state index in [0.717, 1.165) is 16.5 Å². The number of amides is 2. The second-order valence-corrected chi connectivity index (χ2v) is 10.1. The predicted octanol–water partition coefficient (Wildman–Crippen LogP) is 3.38. The Morgan fingerprint density at radius 3 is 2.65 bits per heavy atom. The maximum Gasteiger partial charge on any atom is 0.251 e. The molecule has 0 saturated carbocycles. The fourth-order valence-corrected chi connectivity index (χ4v) is 5.06. The quantitative estimate of drug-likeness (QED) is 0.313. The van der Waals surface area contributed by atoms with Gasteiger partial charge in [-0.25, -0.2) is 9.37 Å². The maximum atomic E-state index is 15.0. The monoisotopic (exact) mass is 544 g/mol. The van der Waals surface area contributed by atoms with E-state index < -0.39 is 11.9 Å². The number of carbonyl (C=O) groups is 2. The summed E-state index contributed by atoms with van der Waals surface area (Å²) in [6, 6.07) is 13.1. The predicted molar refractivity (Wildman–Crippen MR) is 151 cm³/mol. The SMILES string of the molecule is CNC(=O)c1cccc(CN2CCN(C(=O)C(N)Cc3ccc(Oc4ccnc5[nH]cc(C)c45)c(F)c3)CC2)c1. The van der Waals surface area contributed by atoms with Crippen molar-refractivity contribution in [2.75, 3.05) is 33.2 Å². The van der Waals surface area contributed by atoms with Crippen molar-refractivity contribution in [3.05, 3.63) is 89.0 Å². The van der Waals surface area contributed by atoms with Crippen LogP contribution in [0, 0.1) is 12.7 Å². The molecule has 1 saturated heterocycles. The summed E-state index contributed by atoms with van der Waals surface area (Å²) in [5, 5.41) is 3.44. The number of nitrogens with zero attached hydrogens (tertiary/aromatic N) is 3. The van der Waals surface area contributed by atoms with Gasteiger partial charge < -0.3 is 25.7 Å². The van der Waals surface area contributed by atoms with Crippen LogP contribution in [0.1, 0.15) is 27.0 Å². The molecule has 40 heavy (non-hydrogen) atoms. The molecule has 0 aliphatic carbocycles. The van der Waals surface area contributed by atoms with E-state index in [4.69, 9.17) is 10.5 Å². The fraction of sp³-hybridized carbons (Fsp3) is 0.300. The first-order valence-corrected chi connectivity index (χ1v) is 13.3. The molecule has 0 bridgehead atoms. The van der Waals surface area contributed by atoms with Crippen molar-refractivity contribution in [2.45, 2.75) is 25.9 Å². The van der Waals surface area contributed by atoms with Crippen LogP contribution in [0.5, 0.6) is 11.5 Å². The molecule has 4 aromatic rings. The first-order valence-electron chi connectivity index (χ1n) is 13.3. The Morgan fingerprint density at radius 1 is 1.10 bits per heavy atom. The van der Waals surface area contributed by atoms with Gasteiger partial charge in [0.25, 0.3) is 5.91 Å². The van der Waals surface area contributed by atoms with Gasteiger partial charge in [0.05, 0.1) is 11.4 Å². The summed E-state index contributed by atoms with van der Waals surface area (Å²) in [4.78, 5) is 36.3. The number of aromatic amines is 1. The molecular formula is C30H33FN6O3. The third-order valence-corrected chi connectivity index (χ3v) is 7.23. The molecule has 10 heteroatoms. The molecule has 1 atom stereocenters. The second-order valence-electron chi connectivity index (χ2n) is 10.1. The number of hydrogen-bond acceptors (Lipinski definition) is 6. The van der Waals surface area contributed by atoms with Gasteiger partial charge >= 0.3 is 0 Å². The molecule has 0 radical (unpaired) electrons. The highest BCUT2D eigenvalue weighted by Gasteiger charge is 2.26. The molecule has 0 spiro atoms. The number of hydrogen-bond donors (Lipinski definition) is 3. The van der Waals surface area contributed by atoms with Crippen molar-refractivity contribution in [2.24, 2.45) is 5.73 Å². The number of rotatable bonds is 8. The molecule has 1 fully saturated rings. The van der Waals surface area contributed by atoms with Gasteiger partial charge in [0.15, 0.2) is 11.6 Å². The molecule has 4 N–H and O–H groups in total. The summed E-state index contributed by atoms with van der Waals surface area (Å²) >= 11 is 0. The van der Waals surface area contributed by atoms with Crippen LogP contribution >= 0.6 is 0 Å². The Kier molecular flexibility index (Phi) is 8.09. The molecule has 208 valence electrons. The minimum absolute atomic E-state index is 0.0914. The lowest BCUT2D eigenvalue weighted by molar-refractivity contribution is -0.134. The summed E-state index contributed by atoms with van der Waals surface area (Å²) in [5.41, 5.74) is 10.2. The zero-order chi connectivity index (χ0) is 28.2. The molecule has 1 aliphatic rings. The average molecular weight is 545 g/mol. The molecule has 5 rings (SSSR count). The molecular weight excluding hydrogens is 511 g/mol. The van der Waals surface area contributed by atoms with Crippen LogP contribution < -0.4 is 15.8 Å². The van der Waals surface area contributed by atoms with Gasteiger partial charge in [0.1, 0.15) is 11.4 Å². The van der Waals surface area contributed by atoms with Gasteiger partial charge in [0.2, 0.25) is 5.91 Å². The molecule has 2 aromatic carbocycles. The van der Waals surface area contributed by atoms with E-state index in [2.05, 4.69) is 20.2 Å². The van der Waals surface area contributed by atoms with Gasteiger partial charge in [-0.1, -0.05) is 18.2 Å². The van der Waals surface area contributed by atoms with E-state index in [9.17, 15) is 14.0 Å². The van der Waals surface area contributed by atoms with Crippen molar-refractivity contribution in [3.8, 4) is 11.5 Å². The summed E-state index contributed by atoms with van der Waals surface area (Å²) in [5.74, 6) is -0.182.